The average Bonchev–Trinajstić information content (AvgIpc) is 2.08. The third-order valence-corrected chi connectivity index (χ3v) is 5.16. The Balaban J connectivity index is 3.33. The van der Waals surface area contributed by atoms with Crippen LogP contribution in [-0.4, -0.2) is 18.1 Å². The van der Waals surface area contributed by atoms with E-state index in [1.54, 1.807) is 6.92 Å². The van der Waals surface area contributed by atoms with Crippen molar-refractivity contribution >= 4 is 33.3 Å². The molecule has 15 heavy (non-hydrogen) atoms. The Bertz CT molecular complexity index is 221. The maximum atomic E-state index is 11.0. The molecule has 0 amide bonds. The Hall–Kier alpha value is 0.157. The number of ether oxygens (including phenoxy) is 1. The normalized spacial score (nSPS) is 11.2. The summed E-state index contributed by atoms with van der Waals surface area (Å²) in [5, 5.41) is 0. The van der Waals surface area contributed by atoms with E-state index < -0.39 is 5.57 Å². The molecule has 4 heteroatoms. The van der Waals surface area contributed by atoms with Gasteiger partial charge in [-0.05, 0) is 19.4 Å². The summed E-state index contributed by atoms with van der Waals surface area (Å²) in [7, 11) is 0. The van der Waals surface area contributed by atoms with E-state index in [0.717, 1.165) is 12.8 Å². The lowest BCUT2D eigenvalue weighted by Crippen LogP contribution is -2.14. The van der Waals surface area contributed by atoms with Crippen molar-refractivity contribution in [1.82, 2.24) is 0 Å². The Morgan fingerprint density at radius 3 is 2.40 bits per heavy atom. The molecule has 2 nitrogen and oxygen atoms in total. The van der Waals surface area contributed by atoms with E-state index in [1.165, 1.54) is 12.5 Å². The molecular formula is C11H21IO2Si. The SMILES string of the molecule is C=C(C)C(=O)OCCCCC[Si](C)(C)I. The van der Waals surface area contributed by atoms with E-state index >= 15 is 0 Å². The molecule has 0 spiro atoms. The first-order valence-electron chi connectivity index (χ1n) is 5.34. The van der Waals surface area contributed by atoms with Gasteiger partial charge in [-0.1, -0.05) is 32.5 Å². The van der Waals surface area contributed by atoms with Crippen molar-refractivity contribution in [2.24, 2.45) is 0 Å². The smallest absolute Gasteiger partial charge is 0.333 e. The summed E-state index contributed by atoms with van der Waals surface area (Å²) in [6, 6.07) is 1.35. The summed E-state index contributed by atoms with van der Waals surface area (Å²) in [6.07, 6.45) is 3.38. The number of hydrogen-bond acceptors (Lipinski definition) is 2. The lowest BCUT2D eigenvalue weighted by molar-refractivity contribution is -0.139. The predicted molar refractivity (Wildman–Crippen MR) is 75.9 cm³/mol. The van der Waals surface area contributed by atoms with E-state index in [4.69, 9.17) is 4.74 Å². The van der Waals surface area contributed by atoms with E-state index in [0.29, 0.717) is 12.2 Å². The highest BCUT2D eigenvalue weighted by Gasteiger charge is 2.14. The van der Waals surface area contributed by atoms with E-state index in [2.05, 4.69) is 41.5 Å². The molecule has 0 saturated heterocycles. The molecule has 0 saturated carbocycles. The molecule has 0 unspecified atom stereocenters. The monoisotopic (exact) mass is 340 g/mol. The molecule has 0 aromatic heterocycles. The number of unbranched alkanes of at least 4 members (excludes halogenated alkanes) is 2. The predicted octanol–water partition coefficient (Wildman–Crippen LogP) is 3.92. The second-order valence-corrected chi connectivity index (χ2v) is 17.1. The quantitative estimate of drug-likeness (QED) is 0.175. The number of carbonyl (C=O) groups is 1. The summed E-state index contributed by atoms with van der Waals surface area (Å²) in [5.74, 6) is -0.265. The second-order valence-electron chi connectivity index (χ2n) is 4.45. The van der Waals surface area contributed by atoms with Gasteiger partial charge in [0.05, 0.1) is 6.61 Å². The minimum absolute atomic E-state index is 0.265. The van der Waals surface area contributed by atoms with Crippen LogP contribution in [-0.2, 0) is 9.53 Å². The van der Waals surface area contributed by atoms with Crippen LogP contribution in [0.3, 0.4) is 0 Å². The van der Waals surface area contributed by atoms with Gasteiger partial charge in [0, 0.05) is 5.57 Å². The molecule has 0 bridgehead atoms. The van der Waals surface area contributed by atoms with Crippen LogP contribution in [0.4, 0.5) is 0 Å². The van der Waals surface area contributed by atoms with Crippen LogP contribution in [0.25, 0.3) is 0 Å². The minimum Gasteiger partial charge on any atom is -0.462 e. The summed E-state index contributed by atoms with van der Waals surface area (Å²) in [4.78, 5) is 11.0. The zero-order chi connectivity index (χ0) is 11.9. The topological polar surface area (TPSA) is 26.3 Å². The maximum Gasteiger partial charge on any atom is 0.333 e. The number of halogens is 1. The molecule has 88 valence electrons. The van der Waals surface area contributed by atoms with Crippen LogP contribution < -0.4 is 0 Å². The molecular weight excluding hydrogens is 319 g/mol. The molecule has 0 atom stereocenters. The van der Waals surface area contributed by atoms with Crippen LogP contribution in [0.1, 0.15) is 26.2 Å². The molecule has 0 N–H and O–H groups in total. The van der Waals surface area contributed by atoms with Crippen molar-refractivity contribution in [1.29, 1.82) is 0 Å². The summed E-state index contributed by atoms with van der Waals surface area (Å²) < 4.78 is 5.01. The third kappa shape index (κ3) is 10.4. The average molecular weight is 340 g/mol. The van der Waals surface area contributed by atoms with Crippen molar-refractivity contribution in [3.63, 3.8) is 0 Å². The summed E-state index contributed by atoms with van der Waals surface area (Å²) >= 11 is 2.60. The van der Waals surface area contributed by atoms with E-state index in [9.17, 15) is 4.79 Å². The first kappa shape index (κ1) is 15.2. The molecule has 0 aliphatic rings. The van der Waals surface area contributed by atoms with Crippen LogP contribution in [0.2, 0.25) is 19.1 Å². The van der Waals surface area contributed by atoms with Crippen molar-refractivity contribution in [3.8, 4) is 0 Å². The number of carbonyl (C=O) groups excluding carboxylic acids is 1. The van der Waals surface area contributed by atoms with E-state index in [1.807, 2.05) is 0 Å². The maximum absolute atomic E-state index is 11.0. The number of esters is 1. The Labute approximate surface area is 107 Å². The van der Waals surface area contributed by atoms with Gasteiger partial charge in [0.1, 0.15) is 5.57 Å². The first-order chi connectivity index (χ1) is 6.83. The fourth-order valence-corrected chi connectivity index (χ4v) is 3.35. The second kappa shape index (κ2) is 7.43. The van der Waals surface area contributed by atoms with Crippen molar-refractivity contribution in [3.05, 3.63) is 12.2 Å². The van der Waals surface area contributed by atoms with Gasteiger partial charge in [0.2, 0.25) is 0 Å². The number of hydrogen-bond donors (Lipinski definition) is 0. The standard InChI is InChI=1S/C11H21IO2Si/c1-10(2)11(13)14-8-6-5-7-9-15(3,4)12/h1,5-9H2,2-4H3. The van der Waals surface area contributed by atoms with Gasteiger partial charge in [-0.2, -0.15) is 0 Å². The molecule has 0 aliphatic heterocycles. The largest absolute Gasteiger partial charge is 0.462 e. The molecule has 0 aromatic rings. The van der Waals surface area contributed by atoms with Gasteiger partial charge in [-0.15, -0.1) is 21.8 Å². The van der Waals surface area contributed by atoms with Gasteiger partial charge in [0.15, 0.2) is 0 Å². The zero-order valence-corrected chi connectivity index (χ0v) is 13.1. The van der Waals surface area contributed by atoms with Crippen LogP contribution >= 0.6 is 21.8 Å². The summed E-state index contributed by atoms with van der Waals surface area (Å²) in [5.41, 5.74) is -0.427. The highest BCUT2D eigenvalue weighted by Crippen LogP contribution is 2.20. The highest BCUT2D eigenvalue weighted by molar-refractivity contribution is 14.1. The molecule has 0 aromatic carbocycles. The van der Waals surface area contributed by atoms with E-state index in [-0.39, 0.29) is 5.97 Å². The van der Waals surface area contributed by atoms with Crippen LogP contribution in [0.15, 0.2) is 12.2 Å². The number of rotatable bonds is 7. The third-order valence-electron chi connectivity index (χ3n) is 2.00. The molecule has 0 rings (SSSR count). The lowest BCUT2D eigenvalue weighted by atomic mass is 10.3. The molecule has 0 heterocycles. The molecule has 0 fully saturated rings. The Kier molecular flexibility index (Phi) is 7.51. The first-order valence-corrected chi connectivity index (χ1v) is 11.7. The van der Waals surface area contributed by atoms with Gasteiger partial charge >= 0.3 is 5.97 Å². The highest BCUT2D eigenvalue weighted by atomic mass is 127. The molecule has 0 aliphatic carbocycles. The Morgan fingerprint density at radius 2 is 1.93 bits per heavy atom. The summed E-state index contributed by atoms with van der Waals surface area (Å²) in [6.45, 7) is 10.5. The van der Waals surface area contributed by atoms with Crippen molar-refractivity contribution < 1.29 is 9.53 Å². The van der Waals surface area contributed by atoms with Gasteiger partial charge < -0.3 is 4.74 Å². The van der Waals surface area contributed by atoms with Crippen LogP contribution in [0, 0.1) is 0 Å². The zero-order valence-electron chi connectivity index (χ0n) is 9.94. The van der Waals surface area contributed by atoms with Crippen LogP contribution in [0.5, 0.6) is 0 Å². The van der Waals surface area contributed by atoms with Crippen molar-refractivity contribution in [2.45, 2.75) is 45.3 Å². The Morgan fingerprint density at radius 1 is 1.33 bits per heavy atom. The van der Waals surface area contributed by atoms with Crippen molar-refractivity contribution in [2.75, 3.05) is 6.61 Å². The van der Waals surface area contributed by atoms with Gasteiger partial charge in [-0.3, -0.25) is 0 Å². The minimum atomic E-state index is -0.909. The lowest BCUT2D eigenvalue weighted by Gasteiger charge is -2.12. The fraction of sp³-hybridized carbons (Fsp3) is 0.727. The van der Waals surface area contributed by atoms with Gasteiger partial charge in [-0.25, -0.2) is 4.79 Å². The van der Waals surface area contributed by atoms with Gasteiger partial charge in [0.25, 0.3) is 0 Å². The fourth-order valence-electron chi connectivity index (χ4n) is 1.11. The molecule has 0 radical (unpaired) electrons.